The summed E-state index contributed by atoms with van der Waals surface area (Å²) >= 11 is 0. The van der Waals surface area contributed by atoms with Crippen molar-refractivity contribution in [1.29, 1.82) is 0 Å². The second-order valence-electron chi connectivity index (χ2n) is 6.11. The number of fused-ring (bicyclic) bond motifs is 1. The third-order valence-electron chi connectivity index (χ3n) is 4.29. The van der Waals surface area contributed by atoms with Crippen LogP contribution in [0.15, 0.2) is 33.8 Å². The van der Waals surface area contributed by atoms with Crippen LogP contribution in [-0.4, -0.2) is 55.2 Å². The van der Waals surface area contributed by atoms with Crippen LogP contribution in [0.5, 0.6) is 5.75 Å². The Morgan fingerprint density at radius 2 is 2.16 bits per heavy atom. The Kier molecular flexibility index (Phi) is 5.67. The third kappa shape index (κ3) is 4.37. The van der Waals surface area contributed by atoms with E-state index in [1.807, 2.05) is 12.1 Å². The van der Waals surface area contributed by atoms with Gasteiger partial charge in [0.1, 0.15) is 11.3 Å². The monoisotopic (exact) mass is 345 g/mol. The van der Waals surface area contributed by atoms with Crippen molar-refractivity contribution in [2.24, 2.45) is 5.16 Å². The first-order valence-electron chi connectivity index (χ1n) is 8.50. The largest absolute Gasteiger partial charge is 0.493 e. The number of nitrogens with one attached hydrogen (secondary N) is 1. The van der Waals surface area contributed by atoms with Gasteiger partial charge in [-0.25, -0.2) is 0 Å². The van der Waals surface area contributed by atoms with Crippen LogP contribution in [0.4, 0.5) is 0 Å². The Morgan fingerprint density at radius 3 is 2.88 bits per heavy atom. The predicted octanol–water partition coefficient (Wildman–Crippen LogP) is 1.60. The highest BCUT2D eigenvalue weighted by Gasteiger charge is 2.10. The molecule has 1 aliphatic rings. The zero-order chi connectivity index (χ0) is 17.6. The smallest absolute Gasteiger partial charge is 0.266 e. The molecule has 1 aliphatic heterocycles. The molecule has 0 aliphatic carbocycles. The molecule has 1 fully saturated rings. The van der Waals surface area contributed by atoms with Crippen LogP contribution in [-0.2, 0) is 0 Å². The first-order chi connectivity index (χ1) is 12.2. The van der Waals surface area contributed by atoms with Crippen molar-refractivity contribution in [3.8, 4) is 5.75 Å². The van der Waals surface area contributed by atoms with Crippen LogP contribution in [0.2, 0.25) is 0 Å². The molecule has 1 saturated heterocycles. The molecule has 3 rings (SSSR count). The third-order valence-corrected chi connectivity index (χ3v) is 4.29. The Bertz CT molecular complexity index is 810. The number of ketones is 1. The van der Waals surface area contributed by atoms with Gasteiger partial charge >= 0.3 is 0 Å². The van der Waals surface area contributed by atoms with E-state index in [9.17, 15) is 4.79 Å². The Balaban J connectivity index is 1.64. The zero-order valence-corrected chi connectivity index (χ0v) is 14.3. The molecule has 2 aromatic rings. The van der Waals surface area contributed by atoms with Gasteiger partial charge in [-0.15, -0.1) is 0 Å². The summed E-state index contributed by atoms with van der Waals surface area (Å²) in [5, 5.41) is 16.2. The first-order valence-corrected chi connectivity index (χ1v) is 8.50. The minimum absolute atomic E-state index is 0.0872. The van der Waals surface area contributed by atoms with Crippen molar-refractivity contribution in [1.82, 2.24) is 10.2 Å². The Labute approximate surface area is 145 Å². The van der Waals surface area contributed by atoms with E-state index in [-0.39, 0.29) is 16.9 Å². The maximum atomic E-state index is 11.6. The summed E-state index contributed by atoms with van der Waals surface area (Å²) in [7, 11) is 0. The average Bonchev–Trinajstić information content (AvgIpc) is 2.64. The van der Waals surface area contributed by atoms with E-state index in [4.69, 9.17) is 14.4 Å². The van der Waals surface area contributed by atoms with Gasteiger partial charge in [0.25, 0.3) is 5.55 Å². The SMILES string of the molecule is CC(=O)c1cc2ccc(OCCCN3CCNCC3)cc2oc1=NO. The lowest BCUT2D eigenvalue weighted by Crippen LogP contribution is -2.43. The van der Waals surface area contributed by atoms with E-state index < -0.39 is 0 Å². The van der Waals surface area contributed by atoms with Gasteiger partial charge < -0.3 is 24.6 Å². The molecule has 0 spiro atoms. The van der Waals surface area contributed by atoms with Gasteiger partial charge in [-0.3, -0.25) is 4.79 Å². The average molecular weight is 345 g/mol. The molecule has 25 heavy (non-hydrogen) atoms. The molecule has 0 bridgehead atoms. The van der Waals surface area contributed by atoms with Crippen LogP contribution in [0, 0.1) is 0 Å². The lowest BCUT2D eigenvalue weighted by atomic mass is 10.1. The standard InChI is InChI=1S/C18H23N3O4/c1-13(22)16-11-14-3-4-15(12-17(14)25-18(16)20-23)24-10-2-7-21-8-5-19-6-9-21/h3-4,11-12,19,23H,2,5-10H2,1H3. The summed E-state index contributed by atoms with van der Waals surface area (Å²) in [5.74, 6) is 0.475. The quantitative estimate of drug-likeness (QED) is 0.358. The minimum atomic E-state index is -0.216. The molecule has 1 aromatic heterocycles. The summed E-state index contributed by atoms with van der Waals surface area (Å²) in [4.78, 5) is 14.0. The van der Waals surface area contributed by atoms with Gasteiger partial charge in [-0.1, -0.05) is 0 Å². The van der Waals surface area contributed by atoms with Gasteiger partial charge in [-0.05, 0) is 36.7 Å². The number of hydrogen-bond donors (Lipinski definition) is 2. The topological polar surface area (TPSA) is 87.3 Å². The molecule has 1 aromatic carbocycles. The lowest BCUT2D eigenvalue weighted by molar-refractivity contribution is 0.101. The van der Waals surface area contributed by atoms with Crippen LogP contribution in [0.25, 0.3) is 11.0 Å². The maximum absolute atomic E-state index is 11.6. The summed E-state index contributed by atoms with van der Waals surface area (Å²) in [6, 6.07) is 7.09. The minimum Gasteiger partial charge on any atom is -0.493 e. The number of ether oxygens (including phenoxy) is 1. The molecule has 0 unspecified atom stereocenters. The van der Waals surface area contributed by atoms with Crippen molar-refractivity contribution >= 4 is 16.8 Å². The van der Waals surface area contributed by atoms with Gasteiger partial charge in [0.2, 0.25) is 0 Å². The Hall–Kier alpha value is -2.38. The summed E-state index contributed by atoms with van der Waals surface area (Å²) in [5.41, 5.74) is 0.674. The molecule has 134 valence electrons. The van der Waals surface area contributed by atoms with E-state index >= 15 is 0 Å². The van der Waals surface area contributed by atoms with E-state index in [1.165, 1.54) is 6.92 Å². The second kappa shape index (κ2) is 8.13. The highest BCUT2D eigenvalue weighted by Crippen LogP contribution is 2.21. The van der Waals surface area contributed by atoms with E-state index in [0.29, 0.717) is 17.9 Å². The number of rotatable bonds is 6. The number of benzene rings is 1. The summed E-state index contributed by atoms with van der Waals surface area (Å²) in [6.07, 6.45) is 0.954. The molecule has 0 atom stereocenters. The predicted molar refractivity (Wildman–Crippen MR) is 93.0 cm³/mol. The molecule has 2 heterocycles. The molecule has 0 saturated carbocycles. The molecular formula is C18H23N3O4. The van der Waals surface area contributed by atoms with Crippen LogP contribution in [0.1, 0.15) is 23.7 Å². The molecule has 0 radical (unpaired) electrons. The fourth-order valence-corrected chi connectivity index (χ4v) is 2.93. The number of nitrogens with zero attached hydrogens (tertiary/aromatic N) is 2. The van der Waals surface area contributed by atoms with Crippen molar-refractivity contribution in [3.05, 3.63) is 35.4 Å². The molecule has 0 amide bonds. The lowest BCUT2D eigenvalue weighted by Gasteiger charge is -2.26. The van der Waals surface area contributed by atoms with Gasteiger partial charge in [0.15, 0.2) is 5.78 Å². The van der Waals surface area contributed by atoms with Crippen molar-refractivity contribution in [2.45, 2.75) is 13.3 Å². The summed E-state index contributed by atoms with van der Waals surface area (Å²) in [6.45, 7) is 7.32. The zero-order valence-electron chi connectivity index (χ0n) is 14.3. The van der Waals surface area contributed by atoms with Crippen LogP contribution in [0.3, 0.4) is 0 Å². The van der Waals surface area contributed by atoms with Gasteiger partial charge in [0, 0.05) is 44.2 Å². The number of carbonyl (C=O) groups excluding carboxylic acids is 1. The van der Waals surface area contributed by atoms with Crippen LogP contribution < -0.4 is 15.6 Å². The van der Waals surface area contributed by atoms with Crippen molar-refractivity contribution in [3.63, 3.8) is 0 Å². The van der Waals surface area contributed by atoms with E-state index in [2.05, 4.69) is 15.4 Å². The molecule has 2 N–H and O–H groups in total. The van der Waals surface area contributed by atoms with Crippen molar-refractivity contribution < 1.29 is 19.2 Å². The fraction of sp³-hybridized carbons (Fsp3) is 0.444. The normalized spacial score (nSPS) is 16.3. The van der Waals surface area contributed by atoms with Gasteiger partial charge in [-0.2, -0.15) is 0 Å². The van der Waals surface area contributed by atoms with Crippen molar-refractivity contribution in [2.75, 3.05) is 39.3 Å². The molecular weight excluding hydrogens is 322 g/mol. The maximum Gasteiger partial charge on any atom is 0.266 e. The van der Waals surface area contributed by atoms with Crippen LogP contribution >= 0.6 is 0 Å². The van der Waals surface area contributed by atoms with E-state index in [0.717, 1.165) is 44.5 Å². The number of hydrogen-bond acceptors (Lipinski definition) is 7. The number of Topliss-reactive ketones (excluding diaryl/α,β-unsaturated/α-hetero) is 1. The molecule has 7 heteroatoms. The Morgan fingerprint density at radius 1 is 1.36 bits per heavy atom. The van der Waals surface area contributed by atoms with E-state index in [1.54, 1.807) is 12.1 Å². The van der Waals surface area contributed by atoms with Gasteiger partial charge in [0.05, 0.1) is 12.2 Å². The number of piperazine rings is 1. The molecule has 7 nitrogen and oxygen atoms in total. The highest BCUT2D eigenvalue weighted by atomic mass is 16.5. The fourth-order valence-electron chi connectivity index (χ4n) is 2.93. The number of carbonyl (C=O) groups is 1. The highest BCUT2D eigenvalue weighted by molar-refractivity contribution is 5.96. The second-order valence-corrected chi connectivity index (χ2v) is 6.11. The first kappa shape index (κ1) is 17.4. The summed E-state index contributed by atoms with van der Waals surface area (Å²) < 4.78 is 11.3.